The van der Waals surface area contributed by atoms with Crippen molar-refractivity contribution >= 4 is 17.6 Å². The Morgan fingerprint density at radius 3 is 2.67 bits per heavy atom. The van der Waals surface area contributed by atoms with Crippen LogP contribution >= 0.6 is 0 Å². The third-order valence-electron chi connectivity index (χ3n) is 3.96. The van der Waals surface area contributed by atoms with Crippen LogP contribution in [0.3, 0.4) is 0 Å². The number of carbonyl (C=O) groups is 2. The summed E-state index contributed by atoms with van der Waals surface area (Å²) in [7, 11) is 1.35. The Balaban J connectivity index is 1.95. The number of esters is 1. The molecular formula is C18H18N2O4. The Labute approximate surface area is 139 Å². The highest BCUT2D eigenvalue weighted by Gasteiger charge is 2.29. The van der Waals surface area contributed by atoms with Gasteiger partial charge in [-0.3, -0.25) is 4.79 Å². The molecule has 0 spiro atoms. The molecule has 1 aliphatic heterocycles. The zero-order valence-electron chi connectivity index (χ0n) is 13.3. The number of ether oxygens (including phenoxy) is 2. The smallest absolute Gasteiger partial charge is 0.338 e. The van der Waals surface area contributed by atoms with E-state index in [1.54, 1.807) is 18.2 Å². The molecule has 0 saturated heterocycles. The second kappa shape index (κ2) is 6.62. The fourth-order valence-electron chi connectivity index (χ4n) is 2.78. The maximum atomic E-state index is 12.0. The molecule has 2 N–H and O–H groups in total. The molecule has 2 aromatic carbocycles. The van der Waals surface area contributed by atoms with Crippen LogP contribution in [0, 0.1) is 0 Å². The molecule has 1 atom stereocenters. The molecule has 0 aromatic heterocycles. The normalized spacial score (nSPS) is 16.0. The largest absolute Gasteiger partial charge is 0.477 e. The van der Waals surface area contributed by atoms with Crippen molar-refractivity contribution in [1.29, 1.82) is 0 Å². The molecule has 0 bridgehead atoms. The quantitative estimate of drug-likeness (QED) is 0.865. The van der Waals surface area contributed by atoms with Crippen molar-refractivity contribution in [2.24, 2.45) is 5.73 Å². The Bertz CT molecular complexity index is 775. The first-order chi connectivity index (χ1) is 11.6. The molecule has 6 heteroatoms. The second-order valence-electron chi connectivity index (χ2n) is 5.51. The zero-order chi connectivity index (χ0) is 17.1. The van der Waals surface area contributed by atoms with E-state index in [4.69, 9.17) is 15.2 Å². The number of carbonyl (C=O) groups excluding carboxylic acids is 2. The first kappa shape index (κ1) is 15.9. The second-order valence-corrected chi connectivity index (χ2v) is 5.51. The van der Waals surface area contributed by atoms with Gasteiger partial charge in [0.25, 0.3) is 5.91 Å². The minimum Gasteiger partial charge on any atom is -0.477 e. The highest BCUT2D eigenvalue weighted by Crippen LogP contribution is 2.34. The predicted octanol–water partition coefficient (Wildman–Crippen LogP) is 1.73. The number of anilines is 1. The first-order valence-corrected chi connectivity index (χ1v) is 7.56. The van der Waals surface area contributed by atoms with Crippen molar-refractivity contribution in [3.63, 3.8) is 0 Å². The van der Waals surface area contributed by atoms with E-state index in [0.29, 0.717) is 24.4 Å². The lowest BCUT2D eigenvalue weighted by atomic mass is 10.1. The van der Waals surface area contributed by atoms with Crippen LogP contribution in [0.15, 0.2) is 48.5 Å². The molecule has 124 valence electrons. The van der Waals surface area contributed by atoms with Gasteiger partial charge in [0, 0.05) is 6.54 Å². The molecule has 3 rings (SSSR count). The van der Waals surface area contributed by atoms with E-state index in [2.05, 4.69) is 0 Å². The average molecular weight is 326 g/mol. The number of benzene rings is 2. The van der Waals surface area contributed by atoms with E-state index in [-0.39, 0.29) is 0 Å². The van der Waals surface area contributed by atoms with Gasteiger partial charge in [0.05, 0.1) is 24.9 Å². The molecule has 1 unspecified atom stereocenters. The summed E-state index contributed by atoms with van der Waals surface area (Å²) in [6, 6.07) is 14.7. The number of primary amides is 1. The van der Waals surface area contributed by atoms with Crippen LogP contribution in [0.5, 0.6) is 5.75 Å². The molecule has 6 nitrogen and oxygen atoms in total. The monoisotopic (exact) mass is 326 g/mol. The minimum atomic E-state index is -0.731. The van der Waals surface area contributed by atoms with Gasteiger partial charge in [-0.2, -0.15) is 0 Å². The van der Waals surface area contributed by atoms with Gasteiger partial charge in [0.15, 0.2) is 6.10 Å². The summed E-state index contributed by atoms with van der Waals surface area (Å²) in [5.41, 5.74) is 7.58. The van der Waals surface area contributed by atoms with Crippen molar-refractivity contribution in [1.82, 2.24) is 0 Å². The van der Waals surface area contributed by atoms with Crippen LogP contribution in [-0.4, -0.2) is 31.6 Å². The van der Waals surface area contributed by atoms with E-state index in [1.807, 2.05) is 35.2 Å². The number of hydrogen-bond acceptors (Lipinski definition) is 5. The lowest BCUT2D eigenvalue weighted by Crippen LogP contribution is -2.47. The molecule has 0 radical (unpaired) electrons. The van der Waals surface area contributed by atoms with Gasteiger partial charge in [-0.05, 0) is 23.8 Å². The van der Waals surface area contributed by atoms with Crippen molar-refractivity contribution in [2.45, 2.75) is 12.6 Å². The SMILES string of the molecule is COC(=O)c1ccccc1CN1CC(C(N)=O)Oc2ccccc21. The number of nitrogens with two attached hydrogens (primary N) is 1. The number of methoxy groups -OCH3 is 1. The molecule has 0 saturated carbocycles. The van der Waals surface area contributed by atoms with Crippen LogP contribution < -0.4 is 15.4 Å². The fourth-order valence-corrected chi connectivity index (χ4v) is 2.78. The van der Waals surface area contributed by atoms with Crippen LogP contribution in [0.4, 0.5) is 5.69 Å². The van der Waals surface area contributed by atoms with Crippen LogP contribution in [0.25, 0.3) is 0 Å². The predicted molar refractivity (Wildman–Crippen MR) is 88.9 cm³/mol. The maximum absolute atomic E-state index is 12.0. The highest BCUT2D eigenvalue weighted by molar-refractivity contribution is 5.91. The molecule has 0 aliphatic carbocycles. The van der Waals surface area contributed by atoms with Gasteiger partial charge >= 0.3 is 5.97 Å². The third kappa shape index (κ3) is 3.03. The lowest BCUT2D eigenvalue weighted by Gasteiger charge is -2.35. The Morgan fingerprint density at radius 2 is 1.92 bits per heavy atom. The molecule has 24 heavy (non-hydrogen) atoms. The summed E-state index contributed by atoms with van der Waals surface area (Å²) in [5.74, 6) is -0.308. The van der Waals surface area contributed by atoms with Crippen molar-refractivity contribution < 1.29 is 19.1 Å². The fraction of sp³-hybridized carbons (Fsp3) is 0.222. The van der Waals surface area contributed by atoms with E-state index >= 15 is 0 Å². The Hall–Kier alpha value is -3.02. The number of fused-ring (bicyclic) bond motifs is 1. The Kier molecular flexibility index (Phi) is 4.37. The Morgan fingerprint density at radius 1 is 1.21 bits per heavy atom. The summed E-state index contributed by atoms with van der Waals surface area (Å²) in [4.78, 5) is 25.5. The average Bonchev–Trinajstić information content (AvgIpc) is 2.61. The number of nitrogens with zero attached hydrogens (tertiary/aromatic N) is 1. The zero-order valence-corrected chi connectivity index (χ0v) is 13.3. The van der Waals surface area contributed by atoms with E-state index in [0.717, 1.165) is 11.3 Å². The van der Waals surface area contributed by atoms with Gasteiger partial charge in [-0.25, -0.2) is 4.79 Å². The number of amides is 1. The lowest BCUT2D eigenvalue weighted by molar-refractivity contribution is -0.124. The highest BCUT2D eigenvalue weighted by atomic mass is 16.5. The molecule has 0 fully saturated rings. The summed E-state index contributed by atoms with van der Waals surface area (Å²) in [6.07, 6.45) is -0.731. The van der Waals surface area contributed by atoms with Crippen LogP contribution in [-0.2, 0) is 16.1 Å². The van der Waals surface area contributed by atoms with Gasteiger partial charge in [-0.15, -0.1) is 0 Å². The number of rotatable bonds is 4. The van der Waals surface area contributed by atoms with Gasteiger partial charge in [0.2, 0.25) is 0 Å². The van der Waals surface area contributed by atoms with Crippen molar-refractivity contribution in [3.8, 4) is 5.75 Å². The summed E-state index contributed by atoms with van der Waals surface area (Å²) in [6.45, 7) is 0.761. The van der Waals surface area contributed by atoms with Gasteiger partial charge < -0.3 is 20.1 Å². The van der Waals surface area contributed by atoms with Gasteiger partial charge in [-0.1, -0.05) is 30.3 Å². The van der Waals surface area contributed by atoms with Crippen LogP contribution in [0.1, 0.15) is 15.9 Å². The summed E-state index contributed by atoms with van der Waals surface area (Å²) >= 11 is 0. The van der Waals surface area contributed by atoms with E-state index in [9.17, 15) is 9.59 Å². The van der Waals surface area contributed by atoms with Crippen molar-refractivity contribution in [2.75, 3.05) is 18.6 Å². The first-order valence-electron chi connectivity index (χ1n) is 7.56. The third-order valence-corrected chi connectivity index (χ3v) is 3.96. The molecule has 1 amide bonds. The minimum absolute atomic E-state index is 0.321. The van der Waals surface area contributed by atoms with Crippen molar-refractivity contribution in [3.05, 3.63) is 59.7 Å². The summed E-state index contributed by atoms with van der Waals surface area (Å²) in [5, 5.41) is 0. The van der Waals surface area contributed by atoms with Gasteiger partial charge in [0.1, 0.15) is 5.75 Å². The standard InChI is InChI=1S/C18H18N2O4/c1-23-18(22)13-7-3-2-6-12(13)10-20-11-16(17(19)21)24-15-9-5-4-8-14(15)20/h2-9,16H,10-11H2,1H3,(H2,19,21). The molecular weight excluding hydrogens is 308 g/mol. The molecule has 2 aromatic rings. The summed E-state index contributed by atoms with van der Waals surface area (Å²) < 4.78 is 10.5. The van der Waals surface area contributed by atoms with E-state index < -0.39 is 18.0 Å². The van der Waals surface area contributed by atoms with E-state index in [1.165, 1.54) is 7.11 Å². The van der Waals surface area contributed by atoms with Crippen LogP contribution in [0.2, 0.25) is 0 Å². The molecule has 1 aliphatic rings. The molecule has 1 heterocycles. The topological polar surface area (TPSA) is 81.9 Å². The number of para-hydroxylation sites is 2. The number of hydrogen-bond donors (Lipinski definition) is 1. The maximum Gasteiger partial charge on any atom is 0.338 e.